The maximum atomic E-state index is 13.0. The molecule has 3 aromatic rings. The molecule has 0 fully saturated rings. The normalized spacial score (nSPS) is 11.3. The lowest BCUT2D eigenvalue weighted by atomic mass is 10.1. The van der Waals surface area contributed by atoms with E-state index >= 15 is 0 Å². The lowest BCUT2D eigenvalue weighted by Gasteiger charge is -2.19. The molecule has 1 heterocycles. The van der Waals surface area contributed by atoms with Crippen molar-refractivity contribution in [2.75, 3.05) is 17.3 Å². The molecule has 0 saturated heterocycles. The highest BCUT2D eigenvalue weighted by Gasteiger charge is 2.25. The molecule has 7 nitrogen and oxygen atoms in total. The molecule has 158 valence electrons. The number of nitrogens with zero attached hydrogens (tertiary/aromatic N) is 2. The maximum Gasteiger partial charge on any atom is 0.339 e. The van der Waals surface area contributed by atoms with Crippen molar-refractivity contribution in [3.05, 3.63) is 89.2 Å². The highest BCUT2D eigenvalue weighted by atomic mass is 35.5. The number of carbonyl (C=O) groups is 3. The zero-order valence-corrected chi connectivity index (χ0v) is 17.7. The Bertz CT molecular complexity index is 1100. The van der Waals surface area contributed by atoms with E-state index in [9.17, 15) is 14.4 Å². The van der Waals surface area contributed by atoms with Crippen molar-refractivity contribution >= 4 is 40.8 Å². The summed E-state index contributed by atoms with van der Waals surface area (Å²) in [6.07, 6.45) is 0.362. The average molecular weight is 438 g/mol. The van der Waals surface area contributed by atoms with E-state index in [0.717, 1.165) is 0 Å². The van der Waals surface area contributed by atoms with Gasteiger partial charge in [0.25, 0.3) is 11.8 Å². The topological polar surface area (TPSA) is 88.6 Å². The summed E-state index contributed by atoms with van der Waals surface area (Å²) in [6.45, 7) is 1.43. The minimum absolute atomic E-state index is 0.0642. The van der Waals surface area contributed by atoms with Gasteiger partial charge in [0.05, 0.1) is 16.8 Å². The van der Waals surface area contributed by atoms with E-state index in [1.165, 1.54) is 24.1 Å². The van der Waals surface area contributed by atoms with Crippen molar-refractivity contribution in [2.24, 2.45) is 0 Å². The summed E-state index contributed by atoms with van der Waals surface area (Å²) >= 11 is 5.93. The standard InChI is InChI=1S/C23H20ClN3O4/c1-15(21(28)26-19-13-8-14-25-20(19)24)31-23(30)18-12-7-6-11-17(18)22(29)27(2)16-9-4-3-5-10-16/h3-15H,1-2H3,(H,26,28). The van der Waals surface area contributed by atoms with Gasteiger partial charge in [-0.15, -0.1) is 0 Å². The minimum atomic E-state index is -1.13. The third-order valence-corrected chi connectivity index (χ3v) is 4.80. The van der Waals surface area contributed by atoms with E-state index < -0.39 is 18.0 Å². The van der Waals surface area contributed by atoms with Gasteiger partial charge in [-0.1, -0.05) is 41.9 Å². The Balaban J connectivity index is 1.74. The van der Waals surface area contributed by atoms with Gasteiger partial charge in [-0.3, -0.25) is 9.59 Å². The molecule has 0 spiro atoms. The molecule has 1 aromatic heterocycles. The van der Waals surface area contributed by atoms with E-state index in [1.807, 2.05) is 18.2 Å². The Hall–Kier alpha value is -3.71. The van der Waals surface area contributed by atoms with Crippen LogP contribution in [0, 0.1) is 0 Å². The fraction of sp³-hybridized carbons (Fsp3) is 0.130. The highest BCUT2D eigenvalue weighted by Crippen LogP contribution is 2.20. The van der Waals surface area contributed by atoms with Crippen LogP contribution >= 0.6 is 11.6 Å². The van der Waals surface area contributed by atoms with Gasteiger partial charge in [0.2, 0.25) is 0 Å². The maximum absolute atomic E-state index is 13.0. The predicted octanol–water partition coefficient (Wildman–Crippen LogP) is 4.20. The molecule has 1 atom stereocenters. The first kappa shape index (κ1) is 22.0. The first-order valence-electron chi connectivity index (χ1n) is 9.43. The summed E-state index contributed by atoms with van der Waals surface area (Å²) in [5.74, 6) is -1.74. The second kappa shape index (κ2) is 9.86. The zero-order chi connectivity index (χ0) is 22.4. The Morgan fingerprint density at radius 2 is 1.61 bits per heavy atom. The van der Waals surface area contributed by atoms with E-state index in [0.29, 0.717) is 11.4 Å². The Labute approximate surface area is 184 Å². The SMILES string of the molecule is CC(OC(=O)c1ccccc1C(=O)N(C)c1ccccc1)C(=O)Nc1cccnc1Cl. The van der Waals surface area contributed by atoms with Crippen molar-refractivity contribution in [3.8, 4) is 0 Å². The van der Waals surface area contributed by atoms with Crippen molar-refractivity contribution < 1.29 is 19.1 Å². The van der Waals surface area contributed by atoms with Crippen molar-refractivity contribution in [1.82, 2.24) is 4.98 Å². The quantitative estimate of drug-likeness (QED) is 0.461. The first-order chi connectivity index (χ1) is 14.9. The molecule has 8 heteroatoms. The lowest BCUT2D eigenvalue weighted by Crippen LogP contribution is -2.32. The van der Waals surface area contributed by atoms with Crippen LogP contribution in [0.25, 0.3) is 0 Å². The van der Waals surface area contributed by atoms with Gasteiger partial charge < -0.3 is 15.0 Å². The summed E-state index contributed by atoms with van der Waals surface area (Å²) in [7, 11) is 1.62. The van der Waals surface area contributed by atoms with E-state index in [1.54, 1.807) is 49.5 Å². The molecule has 31 heavy (non-hydrogen) atoms. The number of esters is 1. The van der Waals surface area contributed by atoms with E-state index in [2.05, 4.69) is 10.3 Å². The van der Waals surface area contributed by atoms with Crippen LogP contribution in [0.15, 0.2) is 72.9 Å². The van der Waals surface area contributed by atoms with Crippen molar-refractivity contribution in [1.29, 1.82) is 0 Å². The monoisotopic (exact) mass is 437 g/mol. The van der Waals surface area contributed by atoms with Gasteiger partial charge in [0, 0.05) is 18.9 Å². The van der Waals surface area contributed by atoms with E-state index in [-0.39, 0.29) is 22.2 Å². The number of carbonyl (C=O) groups excluding carboxylic acids is 3. The van der Waals surface area contributed by atoms with Crippen LogP contribution in [0.2, 0.25) is 5.15 Å². The van der Waals surface area contributed by atoms with E-state index in [4.69, 9.17) is 16.3 Å². The second-order valence-electron chi connectivity index (χ2n) is 6.62. The fourth-order valence-corrected chi connectivity index (χ4v) is 2.95. The largest absolute Gasteiger partial charge is 0.449 e. The van der Waals surface area contributed by atoms with Crippen LogP contribution in [0.4, 0.5) is 11.4 Å². The van der Waals surface area contributed by atoms with Crippen molar-refractivity contribution in [3.63, 3.8) is 0 Å². The molecular weight excluding hydrogens is 418 g/mol. The molecule has 1 unspecified atom stereocenters. The molecule has 0 saturated carbocycles. The van der Waals surface area contributed by atoms with Crippen molar-refractivity contribution in [2.45, 2.75) is 13.0 Å². The van der Waals surface area contributed by atoms with Gasteiger partial charge in [-0.25, -0.2) is 9.78 Å². The number of aromatic nitrogens is 1. The number of hydrogen-bond acceptors (Lipinski definition) is 5. The summed E-state index contributed by atoms with van der Waals surface area (Å²) in [5.41, 5.74) is 1.21. The van der Waals surface area contributed by atoms with Crippen LogP contribution in [-0.4, -0.2) is 35.9 Å². The Kier molecular flexibility index (Phi) is 6.99. The third kappa shape index (κ3) is 5.26. The molecule has 2 amide bonds. The molecule has 2 aromatic carbocycles. The van der Waals surface area contributed by atoms with Crippen LogP contribution in [0.5, 0.6) is 0 Å². The number of rotatable bonds is 6. The van der Waals surface area contributed by atoms with Crippen LogP contribution in [0.3, 0.4) is 0 Å². The molecule has 0 radical (unpaired) electrons. The smallest absolute Gasteiger partial charge is 0.339 e. The lowest BCUT2D eigenvalue weighted by molar-refractivity contribution is -0.123. The van der Waals surface area contributed by atoms with Crippen LogP contribution < -0.4 is 10.2 Å². The van der Waals surface area contributed by atoms with Crippen LogP contribution in [-0.2, 0) is 9.53 Å². The number of benzene rings is 2. The Morgan fingerprint density at radius 1 is 0.968 bits per heavy atom. The highest BCUT2D eigenvalue weighted by molar-refractivity contribution is 6.32. The minimum Gasteiger partial charge on any atom is -0.449 e. The molecule has 1 N–H and O–H groups in total. The third-order valence-electron chi connectivity index (χ3n) is 4.50. The number of para-hydroxylation sites is 1. The number of halogens is 1. The summed E-state index contributed by atoms with van der Waals surface area (Å²) in [4.78, 5) is 43.4. The number of hydrogen-bond donors (Lipinski definition) is 1. The van der Waals surface area contributed by atoms with Gasteiger partial charge in [-0.05, 0) is 43.3 Å². The predicted molar refractivity (Wildman–Crippen MR) is 118 cm³/mol. The van der Waals surface area contributed by atoms with Gasteiger partial charge >= 0.3 is 5.97 Å². The average Bonchev–Trinajstić information content (AvgIpc) is 2.80. The number of anilines is 2. The summed E-state index contributed by atoms with van der Waals surface area (Å²) < 4.78 is 5.30. The molecule has 0 aliphatic rings. The second-order valence-corrected chi connectivity index (χ2v) is 6.98. The molecular formula is C23H20ClN3O4. The van der Waals surface area contributed by atoms with Gasteiger partial charge in [0.15, 0.2) is 11.3 Å². The Morgan fingerprint density at radius 3 is 2.29 bits per heavy atom. The summed E-state index contributed by atoms with van der Waals surface area (Å²) in [5, 5.41) is 2.68. The number of pyridine rings is 1. The number of amides is 2. The molecule has 0 aliphatic heterocycles. The first-order valence-corrected chi connectivity index (χ1v) is 9.80. The number of nitrogens with one attached hydrogen (secondary N) is 1. The van der Waals surface area contributed by atoms with Gasteiger partial charge in [-0.2, -0.15) is 0 Å². The molecule has 3 rings (SSSR count). The number of ether oxygens (including phenoxy) is 1. The zero-order valence-electron chi connectivity index (χ0n) is 16.9. The van der Waals surface area contributed by atoms with Gasteiger partial charge in [0.1, 0.15) is 0 Å². The fourth-order valence-electron chi connectivity index (χ4n) is 2.79. The molecule has 0 bridgehead atoms. The van der Waals surface area contributed by atoms with Crippen LogP contribution in [0.1, 0.15) is 27.6 Å². The summed E-state index contributed by atoms with van der Waals surface area (Å²) in [6, 6.07) is 18.5. The molecule has 0 aliphatic carbocycles.